The van der Waals surface area contributed by atoms with E-state index in [0.717, 1.165) is 54.1 Å². The van der Waals surface area contributed by atoms with Gasteiger partial charge in [0.1, 0.15) is 17.5 Å². The molecule has 1 aromatic carbocycles. The van der Waals surface area contributed by atoms with E-state index in [4.69, 9.17) is 4.74 Å². The van der Waals surface area contributed by atoms with E-state index in [-0.39, 0.29) is 12.0 Å². The number of rotatable bonds is 4. The third-order valence-corrected chi connectivity index (χ3v) is 5.68. The monoisotopic (exact) mass is 377 g/mol. The third-order valence-electron chi connectivity index (χ3n) is 5.68. The Labute approximate surface area is 166 Å². The lowest BCUT2D eigenvalue weighted by Gasteiger charge is -2.32. The number of fused-ring (bicyclic) bond motifs is 1. The minimum atomic E-state index is 0.180. The molecule has 3 aromatic rings. The molecule has 28 heavy (non-hydrogen) atoms. The van der Waals surface area contributed by atoms with Gasteiger partial charge in [-0.15, -0.1) is 0 Å². The zero-order chi connectivity index (χ0) is 19.7. The minimum absolute atomic E-state index is 0.180. The number of aryl methyl sites for hydroxylation is 2. The van der Waals surface area contributed by atoms with Gasteiger partial charge < -0.3 is 14.0 Å². The molecule has 4 rings (SSSR count). The molecule has 1 saturated heterocycles. The lowest BCUT2D eigenvalue weighted by Crippen LogP contribution is -2.41. The molecule has 2 aromatic heterocycles. The zero-order valence-corrected chi connectivity index (χ0v) is 16.8. The molecule has 0 bridgehead atoms. The largest absolute Gasteiger partial charge is 0.490 e. The number of amides is 1. The number of pyridine rings is 1. The topological polar surface area (TPSA) is 46.8 Å². The predicted octanol–water partition coefficient (Wildman–Crippen LogP) is 4.40. The first-order chi connectivity index (χ1) is 13.5. The van der Waals surface area contributed by atoms with E-state index in [1.54, 1.807) is 0 Å². The van der Waals surface area contributed by atoms with Gasteiger partial charge in [-0.05, 0) is 49.2 Å². The predicted molar refractivity (Wildman–Crippen MR) is 111 cm³/mol. The molecule has 5 heteroatoms. The molecular weight excluding hydrogens is 350 g/mol. The Kier molecular flexibility index (Phi) is 5.07. The molecule has 0 atom stereocenters. The number of carbonyl (C=O) groups excluding carboxylic acids is 1. The number of hydrogen-bond donors (Lipinski definition) is 0. The van der Waals surface area contributed by atoms with Crippen LogP contribution in [-0.4, -0.2) is 39.4 Å². The van der Waals surface area contributed by atoms with Crippen LogP contribution in [0.15, 0.2) is 42.6 Å². The van der Waals surface area contributed by atoms with E-state index in [2.05, 4.69) is 46.8 Å². The van der Waals surface area contributed by atoms with Crippen molar-refractivity contribution < 1.29 is 9.53 Å². The van der Waals surface area contributed by atoms with Gasteiger partial charge in [-0.1, -0.05) is 19.1 Å². The molecule has 1 aliphatic heterocycles. The van der Waals surface area contributed by atoms with Gasteiger partial charge in [0.15, 0.2) is 0 Å². The summed E-state index contributed by atoms with van der Waals surface area (Å²) in [6.07, 6.45) is 4.68. The maximum Gasteiger partial charge on any atom is 0.222 e. The Balaban J connectivity index is 1.43. The van der Waals surface area contributed by atoms with E-state index in [9.17, 15) is 4.79 Å². The number of piperidine rings is 1. The summed E-state index contributed by atoms with van der Waals surface area (Å²) in [5.74, 6) is 1.13. The smallest absolute Gasteiger partial charge is 0.222 e. The first kappa shape index (κ1) is 18.5. The summed E-state index contributed by atoms with van der Waals surface area (Å²) in [5.41, 5.74) is 5.53. The summed E-state index contributed by atoms with van der Waals surface area (Å²) in [5, 5.41) is 0. The lowest BCUT2D eigenvalue weighted by atomic mass is 10.1. The molecule has 0 radical (unpaired) electrons. The number of hydrogen-bond acceptors (Lipinski definition) is 3. The van der Waals surface area contributed by atoms with Crippen molar-refractivity contribution in [3.05, 3.63) is 54.0 Å². The van der Waals surface area contributed by atoms with Crippen molar-refractivity contribution in [3.63, 3.8) is 0 Å². The first-order valence-electron chi connectivity index (χ1n) is 10.1. The summed E-state index contributed by atoms with van der Waals surface area (Å²) < 4.78 is 8.29. The summed E-state index contributed by atoms with van der Waals surface area (Å²) >= 11 is 0. The van der Waals surface area contributed by atoms with Crippen molar-refractivity contribution in [2.75, 3.05) is 13.1 Å². The van der Waals surface area contributed by atoms with Gasteiger partial charge in [-0.25, -0.2) is 4.98 Å². The van der Waals surface area contributed by atoms with Crippen LogP contribution in [0.3, 0.4) is 0 Å². The standard InChI is InChI=1S/C23H27N3O2/c1-4-23(27)25-13-11-21(12-14-25)28-20-8-5-18(6-9-20)19-7-10-22-24-16(2)17(3)26(22)15-19/h5-10,15,21H,4,11-14H2,1-3H3. The number of likely N-dealkylation sites (tertiary alicyclic amines) is 1. The fraction of sp³-hybridized carbons (Fsp3) is 0.391. The third kappa shape index (κ3) is 3.61. The molecular formula is C23H27N3O2. The summed E-state index contributed by atoms with van der Waals surface area (Å²) in [7, 11) is 0. The lowest BCUT2D eigenvalue weighted by molar-refractivity contribution is -0.132. The molecule has 0 spiro atoms. The molecule has 0 N–H and O–H groups in total. The van der Waals surface area contributed by atoms with Crippen molar-refractivity contribution in [2.45, 2.75) is 46.1 Å². The van der Waals surface area contributed by atoms with Crippen molar-refractivity contribution >= 4 is 11.6 Å². The summed E-state index contributed by atoms with van der Waals surface area (Å²) in [6, 6.07) is 12.4. The van der Waals surface area contributed by atoms with Gasteiger partial charge in [0.25, 0.3) is 0 Å². The second-order valence-electron chi connectivity index (χ2n) is 7.50. The van der Waals surface area contributed by atoms with Crippen LogP contribution in [0.5, 0.6) is 5.75 Å². The van der Waals surface area contributed by atoms with Crippen molar-refractivity contribution in [3.8, 4) is 16.9 Å². The Morgan fingerprint density at radius 1 is 1.07 bits per heavy atom. The second kappa shape index (κ2) is 7.66. The molecule has 146 valence electrons. The van der Waals surface area contributed by atoms with Crippen LogP contribution in [0.1, 0.15) is 37.6 Å². The van der Waals surface area contributed by atoms with Crippen LogP contribution in [-0.2, 0) is 4.79 Å². The van der Waals surface area contributed by atoms with Crippen molar-refractivity contribution in [1.82, 2.24) is 14.3 Å². The number of benzene rings is 1. The number of nitrogens with zero attached hydrogens (tertiary/aromatic N) is 3. The maximum absolute atomic E-state index is 11.8. The van der Waals surface area contributed by atoms with Gasteiger partial charge in [0, 0.05) is 44.2 Å². The highest BCUT2D eigenvalue weighted by Gasteiger charge is 2.22. The van der Waals surface area contributed by atoms with Crippen LogP contribution in [0, 0.1) is 13.8 Å². The highest BCUT2D eigenvalue weighted by atomic mass is 16.5. The van der Waals surface area contributed by atoms with Crippen LogP contribution >= 0.6 is 0 Å². The molecule has 1 aliphatic rings. The Bertz CT molecular complexity index is 983. The van der Waals surface area contributed by atoms with Gasteiger partial charge in [0.2, 0.25) is 5.91 Å². The Morgan fingerprint density at radius 3 is 2.43 bits per heavy atom. The Hall–Kier alpha value is -2.82. The van der Waals surface area contributed by atoms with E-state index in [1.165, 1.54) is 5.69 Å². The molecule has 0 unspecified atom stereocenters. The normalized spacial score (nSPS) is 15.2. The van der Waals surface area contributed by atoms with E-state index in [1.807, 2.05) is 30.9 Å². The number of carbonyl (C=O) groups is 1. The van der Waals surface area contributed by atoms with Gasteiger partial charge in [0.05, 0.1) is 5.69 Å². The average molecular weight is 377 g/mol. The minimum Gasteiger partial charge on any atom is -0.490 e. The maximum atomic E-state index is 11.8. The fourth-order valence-corrected chi connectivity index (χ4v) is 3.82. The number of aromatic nitrogens is 2. The van der Waals surface area contributed by atoms with Crippen LogP contribution in [0.4, 0.5) is 0 Å². The molecule has 0 saturated carbocycles. The van der Waals surface area contributed by atoms with E-state index < -0.39 is 0 Å². The molecule has 1 amide bonds. The number of ether oxygens (including phenoxy) is 1. The van der Waals surface area contributed by atoms with Crippen molar-refractivity contribution in [1.29, 1.82) is 0 Å². The highest BCUT2D eigenvalue weighted by Crippen LogP contribution is 2.26. The van der Waals surface area contributed by atoms with E-state index in [0.29, 0.717) is 6.42 Å². The van der Waals surface area contributed by atoms with Gasteiger partial charge in [-0.2, -0.15) is 0 Å². The SMILES string of the molecule is CCC(=O)N1CCC(Oc2ccc(-c3ccc4nc(C)c(C)n4c3)cc2)CC1. The summed E-state index contributed by atoms with van der Waals surface area (Å²) in [4.78, 5) is 18.3. The zero-order valence-electron chi connectivity index (χ0n) is 16.8. The Morgan fingerprint density at radius 2 is 1.75 bits per heavy atom. The first-order valence-corrected chi connectivity index (χ1v) is 10.1. The second-order valence-corrected chi connectivity index (χ2v) is 7.50. The van der Waals surface area contributed by atoms with E-state index >= 15 is 0 Å². The highest BCUT2D eigenvalue weighted by molar-refractivity contribution is 5.75. The average Bonchev–Trinajstić information content (AvgIpc) is 3.02. The van der Waals surface area contributed by atoms with Gasteiger partial charge in [-0.3, -0.25) is 4.79 Å². The van der Waals surface area contributed by atoms with Crippen LogP contribution < -0.4 is 4.74 Å². The molecule has 5 nitrogen and oxygen atoms in total. The number of imidazole rings is 1. The molecule has 1 fully saturated rings. The van der Waals surface area contributed by atoms with Gasteiger partial charge >= 0.3 is 0 Å². The summed E-state index contributed by atoms with van der Waals surface area (Å²) in [6.45, 7) is 7.63. The molecule has 0 aliphatic carbocycles. The quantitative estimate of drug-likeness (QED) is 0.677. The van der Waals surface area contributed by atoms with Crippen LogP contribution in [0.2, 0.25) is 0 Å². The van der Waals surface area contributed by atoms with Crippen molar-refractivity contribution in [2.24, 2.45) is 0 Å². The fourth-order valence-electron chi connectivity index (χ4n) is 3.82. The van der Waals surface area contributed by atoms with Crippen LogP contribution in [0.25, 0.3) is 16.8 Å². The molecule has 3 heterocycles.